The normalized spacial score (nSPS) is 23.5. The molecule has 6 N–H and O–H groups in total. The summed E-state index contributed by atoms with van der Waals surface area (Å²) in [6.07, 6.45) is 3.10. The number of aliphatic carboxylic acids is 1. The summed E-state index contributed by atoms with van der Waals surface area (Å²) in [5.74, 6) is -1.19. The average Bonchev–Trinajstić information content (AvgIpc) is 2.51. The molecule has 1 fully saturated rings. The van der Waals surface area contributed by atoms with E-state index in [1.54, 1.807) is 6.92 Å². The van der Waals surface area contributed by atoms with E-state index in [4.69, 9.17) is 15.9 Å². The summed E-state index contributed by atoms with van der Waals surface area (Å²) in [5.41, 5.74) is 6.12. The van der Waals surface area contributed by atoms with Gasteiger partial charge < -0.3 is 26.2 Å². The molecule has 0 saturated heterocycles. The molecule has 1 saturated carbocycles. The fourth-order valence-electron chi connectivity index (χ4n) is 3.52. The van der Waals surface area contributed by atoms with E-state index in [0.717, 1.165) is 32.1 Å². The Balaban J connectivity index is 2.71. The second kappa shape index (κ2) is 9.45. The van der Waals surface area contributed by atoms with Crippen LogP contribution in [-0.4, -0.2) is 51.3 Å². The summed E-state index contributed by atoms with van der Waals surface area (Å²) in [6, 6.07) is -0.764. The number of rotatable bonds is 9. The lowest BCUT2D eigenvalue weighted by Crippen LogP contribution is -2.51. The Morgan fingerprint density at radius 1 is 1.23 bits per heavy atom. The zero-order valence-electron chi connectivity index (χ0n) is 13.4. The molecule has 6 nitrogen and oxygen atoms in total. The fourth-order valence-corrected chi connectivity index (χ4v) is 3.52. The fraction of sp³-hybridized carbons (Fsp3) is 0.938. The molecular weight excluding hydrogens is 286 g/mol. The van der Waals surface area contributed by atoms with E-state index in [-0.39, 0.29) is 37.2 Å². The topological polar surface area (TPSA) is 124 Å². The number of carboxylic acid groups (broad SMARTS) is 1. The van der Waals surface area contributed by atoms with Gasteiger partial charge in [-0.2, -0.15) is 0 Å². The molecule has 0 bridgehead atoms. The van der Waals surface area contributed by atoms with Crippen LogP contribution in [-0.2, 0) is 4.79 Å². The molecule has 0 aromatic carbocycles. The van der Waals surface area contributed by atoms with Gasteiger partial charge in [-0.15, -0.1) is 0 Å². The average molecular weight is 317 g/mol. The molecular formula is C16H31NO5. The lowest BCUT2D eigenvalue weighted by atomic mass is 9.73. The first-order valence-corrected chi connectivity index (χ1v) is 8.31. The van der Waals surface area contributed by atoms with E-state index in [1.807, 2.05) is 0 Å². The Morgan fingerprint density at radius 3 is 2.32 bits per heavy atom. The van der Waals surface area contributed by atoms with E-state index in [0.29, 0.717) is 0 Å². The van der Waals surface area contributed by atoms with Crippen LogP contribution in [0.4, 0.5) is 0 Å². The number of aliphatic hydroxyl groups is 3. The molecule has 5 atom stereocenters. The van der Waals surface area contributed by atoms with E-state index in [1.165, 1.54) is 0 Å². The van der Waals surface area contributed by atoms with E-state index < -0.39 is 24.2 Å². The highest BCUT2D eigenvalue weighted by molar-refractivity contribution is 5.67. The zero-order valence-corrected chi connectivity index (χ0v) is 13.4. The summed E-state index contributed by atoms with van der Waals surface area (Å²) in [6.45, 7) is 1.71. The minimum atomic E-state index is -1.17. The van der Waals surface area contributed by atoms with Crippen molar-refractivity contribution in [3.8, 4) is 0 Å². The maximum absolute atomic E-state index is 11.1. The molecule has 0 aromatic rings. The molecule has 0 aliphatic heterocycles. The molecule has 0 unspecified atom stereocenters. The molecule has 0 spiro atoms. The lowest BCUT2D eigenvalue weighted by Gasteiger charge is -2.37. The number of hydrogen-bond donors (Lipinski definition) is 5. The van der Waals surface area contributed by atoms with Gasteiger partial charge in [0.1, 0.15) is 0 Å². The maximum atomic E-state index is 11.1. The van der Waals surface area contributed by atoms with Crippen molar-refractivity contribution in [3.63, 3.8) is 0 Å². The molecule has 0 amide bonds. The van der Waals surface area contributed by atoms with Gasteiger partial charge in [0, 0.05) is 19.1 Å². The first-order valence-electron chi connectivity index (χ1n) is 8.31. The van der Waals surface area contributed by atoms with E-state index >= 15 is 0 Å². The Bertz CT molecular complexity index is 332. The van der Waals surface area contributed by atoms with Crippen molar-refractivity contribution in [2.24, 2.45) is 23.5 Å². The van der Waals surface area contributed by atoms with Crippen molar-refractivity contribution >= 4 is 5.97 Å². The van der Waals surface area contributed by atoms with Gasteiger partial charge in [0.2, 0.25) is 0 Å². The van der Waals surface area contributed by atoms with Crippen LogP contribution in [0.5, 0.6) is 0 Å². The van der Waals surface area contributed by atoms with Crippen molar-refractivity contribution in [3.05, 3.63) is 0 Å². The summed E-state index contributed by atoms with van der Waals surface area (Å²) >= 11 is 0. The monoisotopic (exact) mass is 317 g/mol. The van der Waals surface area contributed by atoms with Crippen LogP contribution >= 0.6 is 0 Å². The van der Waals surface area contributed by atoms with Crippen molar-refractivity contribution in [1.29, 1.82) is 0 Å². The molecule has 0 aromatic heterocycles. The summed E-state index contributed by atoms with van der Waals surface area (Å²) in [7, 11) is 0. The SMILES string of the molecule is C[C@H](CO)C[C@H](O)[C@@H](O)[C@@H](N)[C@@H](CC(=O)O)C1CCCCC1. The van der Waals surface area contributed by atoms with Gasteiger partial charge in [-0.3, -0.25) is 4.79 Å². The molecule has 1 aliphatic rings. The number of aliphatic hydroxyl groups excluding tert-OH is 3. The van der Waals surface area contributed by atoms with Gasteiger partial charge in [0.25, 0.3) is 0 Å². The van der Waals surface area contributed by atoms with Crippen LogP contribution in [0.1, 0.15) is 51.9 Å². The lowest BCUT2D eigenvalue weighted by molar-refractivity contribution is -0.139. The Hall–Kier alpha value is -0.690. The molecule has 0 heterocycles. The van der Waals surface area contributed by atoms with Crippen molar-refractivity contribution in [2.75, 3.05) is 6.61 Å². The maximum Gasteiger partial charge on any atom is 0.303 e. The van der Waals surface area contributed by atoms with Crippen LogP contribution in [0.15, 0.2) is 0 Å². The largest absolute Gasteiger partial charge is 0.481 e. The first kappa shape index (κ1) is 19.4. The predicted octanol–water partition coefficient (Wildman–Crippen LogP) is 0.725. The molecule has 22 heavy (non-hydrogen) atoms. The minimum absolute atomic E-state index is 0.0692. The summed E-state index contributed by atoms with van der Waals surface area (Å²) in [5, 5.41) is 38.5. The molecule has 130 valence electrons. The number of carboxylic acids is 1. The number of carbonyl (C=O) groups is 1. The number of hydrogen-bond acceptors (Lipinski definition) is 5. The van der Waals surface area contributed by atoms with Crippen molar-refractivity contribution in [1.82, 2.24) is 0 Å². The van der Waals surface area contributed by atoms with Gasteiger partial charge in [-0.05, 0) is 24.2 Å². The second-order valence-electron chi connectivity index (χ2n) is 6.82. The van der Waals surface area contributed by atoms with Gasteiger partial charge >= 0.3 is 5.97 Å². The summed E-state index contributed by atoms with van der Waals surface area (Å²) < 4.78 is 0. The third-order valence-electron chi connectivity index (χ3n) is 4.90. The zero-order chi connectivity index (χ0) is 16.7. The van der Waals surface area contributed by atoms with Crippen molar-refractivity contribution in [2.45, 2.75) is 70.1 Å². The first-order chi connectivity index (χ1) is 10.4. The third kappa shape index (κ3) is 5.83. The Morgan fingerprint density at radius 2 is 1.82 bits per heavy atom. The predicted molar refractivity (Wildman–Crippen MR) is 83.2 cm³/mol. The quantitative estimate of drug-likeness (QED) is 0.427. The van der Waals surface area contributed by atoms with Crippen LogP contribution in [0.3, 0.4) is 0 Å². The van der Waals surface area contributed by atoms with E-state index in [9.17, 15) is 15.0 Å². The Kier molecular flexibility index (Phi) is 8.31. The second-order valence-corrected chi connectivity index (χ2v) is 6.82. The van der Waals surface area contributed by atoms with Gasteiger partial charge in [-0.25, -0.2) is 0 Å². The van der Waals surface area contributed by atoms with Crippen LogP contribution in [0, 0.1) is 17.8 Å². The van der Waals surface area contributed by atoms with Crippen LogP contribution < -0.4 is 5.73 Å². The molecule has 1 rings (SSSR count). The summed E-state index contributed by atoms with van der Waals surface area (Å²) in [4.78, 5) is 11.1. The standard InChI is InChI=1S/C16H31NO5/c1-10(9-18)7-13(19)16(22)15(17)12(8-14(20)21)11-5-3-2-4-6-11/h10-13,15-16,18-19,22H,2-9,17H2,1H3,(H,20,21)/t10-,12-,13-,15-,16+/m0/s1. The van der Waals surface area contributed by atoms with Gasteiger partial charge in [0.15, 0.2) is 0 Å². The van der Waals surface area contributed by atoms with E-state index in [2.05, 4.69) is 0 Å². The van der Waals surface area contributed by atoms with Gasteiger partial charge in [-0.1, -0.05) is 39.0 Å². The van der Waals surface area contributed by atoms with Gasteiger partial charge in [0.05, 0.1) is 12.2 Å². The highest BCUT2D eigenvalue weighted by Gasteiger charge is 2.36. The highest BCUT2D eigenvalue weighted by atomic mass is 16.4. The smallest absolute Gasteiger partial charge is 0.303 e. The van der Waals surface area contributed by atoms with Crippen LogP contribution in [0.25, 0.3) is 0 Å². The highest BCUT2D eigenvalue weighted by Crippen LogP contribution is 2.34. The van der Waals surface area contributed by atoms with Crippen molar-refractivity contribution < 1.29 is 25.2 Å². The van der Waals surface area contributed by atoms with Crippen LogP contribution in [0.2, 0.25) is 0 Å². The number of nitrogens with two attached hydrogens (primary N) is 1. The molecule has 6 heteroatoms. The molecule has 0 radical (unpaired) electrons. The Labute approximate surface area is 132 Å². The third-order valence-corrected chi connectivity index (χ3v) is 4.90. The molecule has 1 aliphatic carbocycles. The minimum Gasteiger partial charge on any atom is -0.481 e.